The molecule has 1 heterocycles. The number of carboxylic acid groups (broad SMARTS) is 1. The van der Waals surface area contributed by atoms with Crippen LogP contribution < -0.4 is 0 Å². The van der Waals surface area contributed by atoms with Crippen LogP contribution in [-0.4, -0.2) is 56.9 Å². The third kappa shape index (κ3) is 10.6. The van der Waals surface area contributed by atoms with E-state index in [-0.39, 0.29) is 6.42 Å². The number of hydrogen-bond donors (Lipinski definition) is 4. The topological polar surface area (TPSA) is 107 Å². The summed E-state index contributed by atoms with van der Waals surface area (Å²) in [5.41, 5.74) is 0. The Bertz CT molecular complexity index is 551. The Kier molecular flexibility index (Phi) is 12.4. The third-order valence-corrected chi connectivity index (χ3v) is 4.50. The van der Waals surface area contributed by atoms with E-state index in [0.717, 1.165) is 12.8 Å². The highest BCUT2D eigenvalue weighted by Gasteiger charge is 2.35. The smallest absolute Gasteiger partial charge is 0.303 e. The first-order valence-corrected chi connectivity index (χ1v) is 9.98. The van der Waals surface area contributed by atoms with Gasteiger partial charge in [-0.2, -0.15) is 0 Å². The summed E-state index contributed by atoms with van der Waals surface area (Å²) in [6.45, 7) is 1.87. The van der Waals surface area contributed by atoms with Crippen molar-refractivity contribution in [3.63, 3.8) is 0 Å². The van der Waals surface area contributed by atoms with Crippen molar-refractivity contribution in [3.05, 3.63) is 48.6 Å². The first kappa shape index (κ1) is 24.3. The Hall–Kier alpha value is -1.73. The van der Waals surface area contributed by atoms with Gasteiger partial charge in [-0.25, -0.2) is 0 Å². The summed E-state index contributed by atoms with van der Waals surface area (Å²) in [5.74, 6) is -0.785. The van der Waals surface area contributed by atoms with Crippen LogP contribution in [0.25, 0.3) is 0 Å². The van der Waals surface area contributed by atoms with Crippen LogP contribution >= 0.6 is 0 Å². The normalized spacial score (nSPS) is 25.5. The van der Waals surface area contributed by atoms with Crippen molar-refractivity contribution in [3.8, 4) is 0 Å². The maximum atomic E-state index is 10.4. The minimum absolute atomic E-state index is 0.157. The number of carboxylic acids is 1. The highest BCUT2D eigenvalue weighted by Crippen LogP contribution is 2.25. The predicted molar refractivity (Wildman–Crippen MR) is 109 cm³/mol. The predicted octanol–water partition coefficient (Wildman–Crippen LogP) is 2.90. The van der Waals surface area contributed by atoms with E-state index in [1.165, 1.54) is 0 Å². The Balaban J connectivity index is 2.22. The molecule has 28 heavy (non-hydrogen) atoms. The van der Waals surface area contributed by atoms with Gasteiger partial charge in [-0.3, -0.25) is 4.79 Å². The summed E-state index contributed by atoms with van der Waals surface area (Å²) in [6, 6.07) is 0. The fourth-order valence-corrected chi connectivity index (χ4v) is 2.77. The average Bonchev–Trinajstić information content (AvgIpc) is 3.04. The van der Waals surface area contributed by atoms with Gasteiger partial charge in [0.25, 0.3) is 0 Å². The molecule has 0 spiro atoms. The summed E-state index contributed by atoms with van der Waals surface area (Å²) >= 11 is 0. The molecular formula is C22H34O6. The lowest BCUT2D eigenvalue weighted by Gasteiger charge is -2.16. The second-order valence-electron chi connectivity index (χ2n) is 6.92. The van der Waals surface area contributed by atoms with Crippen LogP contribution in [0.2, 0.25) is 0 Å². The third-order valence-electron chi connectivity index (χ3n) is 4.50. The van der Waals surface area contributed by atoms with Gasteiger partial charge in [0.05, 0.1) is 24.4 Å². The van der Waals surface area contributed by atoms with E-state index in [9.17, 15) is 20.1 Å². The van der Waals surface area contributed by atoms with Gasteiger partial charge in [0.2, 0.25) is 0 Å². The van der Waals surface area contributed by atoms with Crippen molar-refractivity contribution in [1.82, 2.24) is 0 Å². The van der Waals surface area contributed by atoms with Crippen molar-refractivity contribution < 1.29 is 30.0 Å². The van der Waals surface area contributed by atoms with Crippen molar-refractivity contribution in [1.29, 1.82) is 0 Å². The summed E-state index contributed by atoms with van der Waals surface area (Å²) in [6.07, 6.45) is 15.9. The number of aliphatic hydroxyl groups is 3. The first-order valence-electron chi connectivity index (χ1n) is 9.98. The monoisotopic (exact) mass is 394 g/mol. The van der Waals surface area contributed by atoms with Crippen molar-refractivity contribution in [2.24, 2.45) is 0 Å². The molecule has 0 bridgehead atoms. The molecule has 4 N–H and O–H groups in total. The second kappa shape index (κ2) is 14.3. The number of rotatable bonds is 13. The number of allylic oxidation sites excluding steroid dienone is 5. The van der Waals surface area contributed by atoms with Gasteiger partial charge < -0.3 is 25.2 Å². The van der Waals surface area contributed by atoms with E-state index in [1.807, 2.05) is 43.4 Å². The number of aliphatic carboxylic acids is 1. The number of hydrogen-bond acceptors (Lipinski definition) is 5. The van der Waals surface area contributed by atoms with Crippen molar-refractivity contribution >= 4 is 5.97 Å². The molecule has 0 aromatic heterocycles. The average molecular weight is 395 g/mol. The van der Waals surface area contributed by atoms with Crippen molar-refractivity contribution in [2.45, 2.75) is 82.4 Å². The zero-order valence-corrected chi connectivity index (χ0v) is 16.6. The van der Waals surface area contributed by atoms with Gasteiger partial charge in [0.1, 0.15) is 6.10 Å². The molecule has 0 aliphatic carbocycles. The van der Waals surface area contributed by atoms with Crippen LogP contribution in [0.1, 0.15) is 51.9 Å². The lowest BCUT2D eigenvalue weighted by molar-refractivity contribution is -0.136. The van der Waals surface area contributed by atoms with Crippen LogP contribution in [0.5, 0.6) is 0 Å². The van der Waals surface area contributed by atoms with Crippen LogP contribution in [0.15, 0.2) is 48.6 Å². The molecule has 158 valence electrons. The molecule has 1 saturated heterocycles. The van der Waals surface area contributed by atoms with E-state index in [4.69, 9.17) is 9.84 Å². The lowest BCUT2D eigenvalue weighted by Crippen LogP contribution is -2.25. The molecule has 0 radical (unpaired) electrons. The van der Waals surface area contributed by atoms with Gasteiger partial charge in [0.15, 0.2) is 0 Å². The molecule has 0 aromatic rings. The van der Waals surface area contributed by atoms with Crippen LogP contribution in [0.4, 0.5) is 0 Å². The van der Waals surface area contributed by atoms with Gasteiger partial charge in [-0.1, -0.05) is 55.5 Å². The molecule has 1 aliphatic rings. The van der Waals surface area contributed by atoms with Gasteiger partial charge in [0, 0.05) is 12.8 Å². The van der Waals surface area contributed by atoms with Crippen LogP contribution in [0, 0.1) is 0 Å². The maximum Gasteiger partial charge on any atom is 0.303 e. The Morgan fingerprint density at radius 1 is 1.11 bits per heavy atom. The number of carbonyl (C=O) groups is 1. The molecule has 0 saturated carbocycles. The van der Waals surface area contributed by atoms with E-state index in [0.29, 0.717) is 25.7 Å². The highest BCUT2D eigenvalue weighted by atomic mass is 16.5. The summed E-state index contributed by atoms with van der Waals surface area (Å²) in [7, 11) is 0. The van der Waals surface area contributed by atoms with E-state index >= 15 is 0 Å². The van der Waals surface area contributed by atoms with E-state index in [1.54, 1.807) is 12.2 Å². The fraction of sp³-hybridized carbons (Fsp3) is 0.591. The van der Waals surface area contributed by atoms with E-state index < -0.39 is 36.5 Å². The Morgan fingerprint density at radius 2 is 1.75 bits per heavy atom. The zero-order chi connectivity index (χ0) is 20.8. The summed E-state index contributed by atoms with van der Waals surface area (Å²) < 4.78 is 5.70. The summed E-state index contributed by atoms with van der Waals surface area (Å²) in [4.78, 5) is 10.4. The molecule has 1 rings (SSSR count). The zero-order valence-electron chi connectivity index (χ0n) is 16.6. The van der Waals surface area contributed by atoms with Gasteiger partial charge in [-0.15, -0.1) is 0 Å². The second-order valence-corrected chi connectivity index (χ2v) is 6.92. The molecule has 6 heteroatoms. The Labute approximate surface area is 167 Å². The molecule has 0 aromatic carbocycles. The molecule has 0 unspecified atom stereocenters. The lowest BCUT2D eigenvalue weighted by atomic mass is 10.0. The first-order chi connectivity index (χ1) is 13.4. The molecule has 1 fully saturated rings. The number of aliphatic hydroxyl groups excluding tert-OH is 3. The van der Waals surface area contributed by atoms with Crippen molar-refractivity contribution in [2.75, 3.05) is 0 Å². The standard InChI is InChI=1S/C22H34O6/c1-2-17(23)14-15-20-19(25)16-21(28-20)18(24)12-10-8-6-4-3-5-7-9-11-13-22(26)27/h3-4,7-10,14-15,17-21,23-25H,2,5-6,11-13,16H2,1H3,(H,26,27)/b4-3-,9-7-,10-8-,15-14+/t17-,18+,19+,20-,21+/m0/s1. The quantitative estimate of drug-likeness (QED) is 0.358. The number of ether oxygens (including phenoxy) is 1. The summed E-state index contributed by atoms with van der Waals surface area (Å²) in [5, 5.41) is 38.3. The minimum Gasteiger partial charge on any atom is -0.481 e. The molecule has 1 aliphatic heterocycles. The molecule has 0 amide bonds. The SMILES string of the molecule is CC[C@H](O)/C=C/[C@@H]1O[C@@H]([C@H](O)C/C=C\C/C=C\C/C=C\CCC(=O)O)C[C@H]1O. The minimum atomic E-state index is -0.785. The molecular weight excluding hydrogens is 360 g/mol. The molecule has 6 nitrogen and oxygen atoms in total. The van der Waals surface area contributed by atoms with Crippen LogP contribution in [-0.2, 0) is 9.53 Å². The molecule has 5 atom stereocenters. The van der Waals surface area contributed by atoms with Crippen LogP contribution in [0.3, 0.4) is 0 Å². The fourth-order valence-electron chi connectivity index (χ4n) is 2.77. The Morgan fingerprint density at radius 3 is 2.39 bits per heavy atom. The maximum absolute atomic E-state index is 10.4. The van der Waals surface area contributed by atoms with Gasteiger partial charge in [-0.05, 0) is 32.1 Å². The highest BCUT2D eigenvalue weighted by molar-refractivity contribution is 5.66. The van der Waals surface area contributed by atoms with Gasteiger partial charge >= 0.3 is 5.97 Å². The van der Waals surface area contributed by atoms with E-state index in [2.05, 4.69) is 0 Å². The largest absolute Gasteiger partial charge is 0.481 e.